The van der Waals surface area contributed by atoms with Crippen molar-refractivity contribution < 1.29 is 26.3 Å². The molecule has 62 heavy (non-hydrogen) atoms. The van der Waals surface area contributed by atoms with Crippen LogP contribution in [0.15, 0.2) is 194 Å². The van der Waals surface area contributed by atoms with Gasteiger partial charge in [-0.15, -0.1) is 0 Å². The van der Waals surface area contributed by atoms with E-state index in [0.29, 0.717) is 11.1 Å². The van der Waals surface area contributed by atoms with Gasteiger partial charge in [0.1, 0.15) is 0 Å². The fourth-order valence-corrected chi connectivity index (χ4v) is 7.37. The van der Waals surface area contributed by atoms with Crippen LogP contribution in [0.3, 0.4) is 0 Å². The molecular formula is C56H38F6. The Bertz CT molecular complexity index is 2700. The molecule has 0 saturated heterocycles. The molecular weight excluding hydrogens is 787 g/mol. The Morgan fingerprint density at radius 2 is 0.645 bits per heavy atom. The summed E-state index contributed by atoms with van der Waals surface area (Å²) in [5, 5.41) is 2.21. The number of hydrogen-bond acceptors (Lipinski definition) is 0. The Hall–Kier alpha value is -7.44. The van der Waals surface area contributed by atoms with Gasteiger partial charge in [-0.1, -0.05) is 194 Å². The highest BCUT2D eigenvalue weighted by Gasteiger charge is 2.31. The van der Waals surface area contributed by atoms with E-state index in [1.54, 1.807) is 0 Å². The van der Waals surface area contributed by atoms with E-state index < -0.39 is 23.5 Å². The minimum atomic E-state index is -4.41. The maximum atomic E-state index is 13.3. The highest BCUT2D eigenvalue weighted by Crippen LogP contribution is 2.34. The first-order valence-electron chi connectivity index (χ1n) is 20.0. The fourth-order valence-electron chi connectivity index (χ4n) is 7.37. The van der Waals surface area contributed by atoms with Crippen molar-refractivity contribution in [3.8, 4) is 0 Å². The molecule has 8 aromatic carbocycles. The van der Waals surface area contributed by atoms with Gasteiger partial charge in [-0.2, -0.15) is 26.3 Å². The van der Waals surface area contributed by atoms with Crippen molar-refractivity contribution in [3.05, 3.63) is 261 Å². The fraction of sp³-hybridized carbons (Fsp3) is 0.0357. The molecule has 8 rings (SSSR count). The second-order valence-electron chi connectivity index (χ2n) is 14.8. The third-order valence-electron chi connectivity index (χ3n) is 10.6. The van der Waals surface area contributed by atoms with Crippen LogP contribution in [0, 0.1) is 0 Å². The molecule has 0 spiro atoms. The minimum Gasteiger partial charge on any atom is -0.166 e. The third-order valence-corrected chi connectivity index (χ3v) is 10.6. The average Bonchev–Trinajstić information content (AvgIpc) is 3.29. The van der Waals surface area contributed by atoms with Crippen molar-refractivity contribution in [2.24, 2.45) is 0 Å². The molecule has 0 nitrogen and oxygen atoms in total. The molecule has 304 valence electrons. The van der Waals surface area contributed by atoms with Crippen molar-refractivity contribution in [1.82, 2.24) is 0 Å². The normalized spacial score (nSPS) is 12.7. The predicted molar refractivity (Wildman–Crippen MR) is 244 cm³/mol. The summed E-state index contributed by atoms with van der Waals surface area (Å²) in [7, 11) is 0. The third kappa shape index (κ3) is 9.94. The molecule has 0 N–H and O–H groups in total. The van der Waals surface area contributed by atoms with Crippen molar-refractivity contribution in [3.63, 3.8) is 0 Å². The molecule has 0 heterocycles. The summed E-state index contributed by atoms with van der Waals surface area (Å²) in [4.78, 5) is 0. The van der Waals surface area contributed by atoms with E-state index in [4.69, 9.17) is 0 Å². The van der Waals surface area contributed by atoms with Crippen LogP contribution < -0.4 is 0 Å². The molecule has 0 aromatic heterocycles. The standard InChI is InChI=1S/C56H38F6/c57-55(58,59)50-33-29-45(30-34-50)52(43-9-3-1-4-10-43)37-41-21-17-39(18-22-41)25-27-48-15-7-13-47-14-8-16-49(54(47)48)28-26-40-19-23-42(24-20-40)38-53(44-11-5-2-6-12-44)46-31-35-51(36-32-46)56(60,61)62/h1-38H/b27-25+,28-26+,52-37+,53-38+. The van der Waals surface area contributed by atoms with Crippen LogP contribution in [0.2, 0.25) is 0 Å². The summed E-state index contributed by atoms with van der Waals surface area (Å²) in [6, 6.07) is 58.3. The first kappa shape index (κ1) is 41.3. The summed E-state index contributed by atoms with van der Waals surface area (Å²) in [6.45, 7) is 0. The maximum absolute atomic E-state index is 13.3. The molecule has 0 radical (unpaired) electrons. The Labute approximate surface area is 356 Å². The molecule has 0 saturated carbocycles. The molecule has 6 heteroatoms. The van der Waals surface area contributed by atoms with Gasteiger partial charge in [0.25, 0.3) is 0 Å². The van der Waals surface area contributed by atoms with E-state index in [-0.39, 0.29) is 0 Å². The minimum absolute atomic E-state index is 0.684. The van der Waals surface area contributed by atoms with E-state index in [0.717, 1.165) is 90.7 Å². The summed E-state index contributed by atoms with van der Waals surface area (Å²) in [5.74, 6) is 0. The summed E-state index contributed by atoms with van der Waals surface area (Å²) in [6.07, 6.45) is 3.51. The average molecular weight is 825 g/mol. The number of rotatable bonds is 10. The Kier molecular flexibility index (Phi) is 12.0. The molecule has 0 aliphatic rings. The number of benzene rings is 8. The zero-order chi connectivity index (χ0) is 43.1. The Balaban J connectivity index is 1.03. The second kappa shape index (κ2) is 18.0. The van der Waals surface area contributed by atoms with Gasteiger partial charge in [0.15, 0.2) is 0 Å². The zero-order valence-electron chi connectivity index (χ0n) is 33.2. The molecule has 0 fully saturated rings. The Morgan fingerprint density at radius 3 is 1.00 bits per heavy atom. The number of alkyl halides is 6. The van der Waals surface area contributed by atoms with E-state index in [2.05, 4.69) is 48.6 Å². The van der Waals surface area contributed by atoms with Crippen molar-refractivity contribution in [2.75, 3.05) is 0 Å². The zero-order valence-corrected chi connectivity index (χ0v) is 33.2. The van der Waals surface area contributed by atoms with E-state index in [1.807, 2.05) is 133 Å². The SMILES string of the molecule is FC(F)(F)c1ccc(/C(=C/c2ccc(/C=C/c3cccc4cccc(/C=C/c5ccc(/C=C(\c6ccccc6)c6ccc(C(F)(F)F)cc6)cc5)c34)cc2)c2ccccc2)cc1. The monoisotopic (exact) mass is 824 g/mol. The summed E-state index contributed by atoms with van der Waals surface area (Å²) in [5.41, 5.74) is 9.38. The second-order valence-corrected chi connectivity index (χ2v) is 14.8. The van der Waals surface area contributed by atoms with Crippen molar-refractivity contribution >= 4 is 58.4 Å². The van der Waals surface area contributed by atoms with Crippen LogP contribution in [0.25, 0.3) is 58.4 Å². The van der Waals surface area contributed by atoms with Gasteiger partial charge in [0.2, 0.25) is 0 Å². The van der Waals surface area contributed by atoms with Gasteiger partial charge in [-0.05, 0) is 114 Å². The first-order chi connectivity index (χ1) is 30.0. The number of hydrogen-bond donors (Lipinski definition) is 0. The lowest BCUT2D eigenvalue weighted by Gasteiger charge is -2.12. The van der Waals surface area contributed by atoms with Crippen LogP contribution in [0.5, 0.6) is 0 Å². The Morgan fingerprint density at radius 1 is 0.306 bits per heavy atom. The molecule has 0 amide bonds. The highest BCUT2D eigenvalue weighted by molar-refractivity contribution is 6.00. The quantitative estimate of drug-likeness (QED) is 0.0952. The van der Waals surface area contributed by atoms with Crippen molar-refractivity contribution in [2.45, 2.75) is 12.4 Å². The van der Waals surface area contributed by atoms with E-state index in [1.165, 1.54) is 24.3 Å². The van der Waals surface area contributed by atoms with Gasteiger partial charge in [-0.3, -0.25) is 0 Å². The van der Waals surface area contributed by atoms with Crippen molar-refractivity contribution in [1.29, 1.82) is 0 Å². The molecule has 0 aliphatic carbocycles. The van der Waals surface area contributed by atoms with Gasteiger partial charge in [0, 0.05) is 0 Å². The summed E-state index contributed by atoms with van der Waals surface area (Å²) >= 11 is 0. The first-order valence-corrected chi connectivity index (χ1v) is 20.0. The summed E-state index contributed by atoms with van der Waals surface area (Å²) < 4.78 is 79.8. The molecule has 0 unspecified atom stereocenters. The maximum Gasteiger partial charge on any atom is 0.416 e. The van der Waals surface area contributed by atoms with Crippen LogP contribution in [0.1, 0.15) is 66.8 Å². The largest absolute Gasteiger partial charge is 0.416 e. The van der Waals surface area contributed by atoms with Gasteiger partial charge >= 0.3 is 12.4 Å². The van der Waals surface area contributed by atoms with Crippen LogP contribution in [-0.4, -0.2) is 0 Å². The van der Waals surface area contributed by atoms with Crippen LogP contribution in [0.4, 0.5) is 26.3 Å². The van der Waals surface area contributed by atoms with Gasteiger partial charge in [0.05, 0.1) is 11.1 Å². The van der Waals surface area contributed by atoms with Crippen LogP contribution in [-0.2, 0) is 12.4 Å². The highest BCUT2D eigenvalue weighted by atomic mass is 19.4. The molecule has 0 atom stereocenters. The lowest BCUT2D eigenvalue weighted by molar-refractivity contribution is -0.138. The van der Waals surface area contributed by atoms with E-state index >= 15 is 0 Å². The smallest absolute Gasteiger partial charge is 0.166 e. The van der Waals surface area contributed by atoms with Gasteiger partial charge < -0.3 is 0 Å². The number of halogens is 6. The van der Waals surface area contributed by atoms with Crippen LogP contribution >= 0.6 is 0 Å². The predicted octanol–water partition coefficient (Wildman–Crippen LogP) is 16.4. The van der Waals surface area contributed by atoms with E-state index in [9.17, 15) is 26.3 Å². The molecule has 0 bridgehead atoms. The van der Waals surface area contributed by atoms with Gasteiger partial charge in [-0.25, -0.2) is 0 Å². The molecule has 8 aromatic rings. The molecule has 0 aliphatic heterocycles. The lowest BCUT2D eigenvalue weighted by Crippen LogP contribution is -2.04. The lowest BCUT2D eigenvalue weighted by atomic mass is 9.94. The number of fused-ring (bicyclic) bond motifs is 1. The topological polar surface area (TPSA) is 0 Å².